The average Bonchev–Trinajstić information content (AvgIpc) is 2.68. The quantitative estimate of drug-likeness (QED) is 0.331. The van der Waals surface area contributed by atoms with Crippen molar-refractivity contribution in [2.24, 2.45) is 10.9 Å². The number of amides is 1. The monoisotopic (exact) mass is 519 g/mol. The molecule has 1 aromatic carbocycles. The molecule has 1 aromatic rings. The van der Waals surface area contributed by atoms with Gasteiger partial charge in [0.15, 0.2) is 5.96 Å². The first-order valence-electron chi connectivity index (χ1n) is 10.2. The number of hydrogen-bond donors (Lipinski definition) is 2. The second-order valence-electron chi connectivity index (χ2n) is 7.53. The lowest BCUT2D eigenvalue weighted by atomic mass is 10.1. The minimum Gasteiger partial charge on any atom is -0.368 e. The van der Waals surface area contributed by atoms with E-state index in [0.29, 0.717) is 38.0 Å². The molecule has 1 saturated heterocycles. The molecule has 1 heterocycles. The van der Waals surface area contributed by atoms with Crippen molar-refractivity contribution in [1.82, 2.24) is 15.5 Å². The largest absolute Gasteiger partial charge is 0.368 e. The number of piperazine rings is 1. The number of halogens is 2. The lowest BCUT2D eigenvalue weighted by molar-refractivity contribution is -0.131. The van der Waals surface area contributed by atoms with Gasteiger partial charge in [0, 0.05) is 50.9 Å². The van der Waals surface area contributed by atoms with Gasteiger partial charge in [0.25, 0.3) is 0 Å². The number of nitrogens with one attached hydrogen (secondary N) is 2. The Morgan fingerprint density at radius 3 is 2.31 bits per heavy atom. The smallest absolute Gasteiger partial charge is 0.224 e. The molecule has 2 rings (SSSR count). The normalized spacial score (nSPS) is 15.7. The summed E-state index contributed by atoms with van der Waals surface area (Å²) in [5.41, 5.74) is 0.999. The number of hydrogen-bond acceptors (Lipinski definition) is 3. The molecule has 1 atom stereocenters. The molecule has 1 aliphatic heterocycles. The van der Waals surface area contributed by atoms with Crippen LogP contribution in [-0.4, -0.2) is 62.1 Å². The average molecular weight is 519 g/mol. The first-order chi connectivity index (χ1) is 13.4. The summed E-state index contributed by atoms with van der Waals surface area (Å²) in [5.74, 6) is 1.17. The highest BCUT2D eigenvalue weighted by Gasteiger charge is 2.21. The van der Waals surface area contributed by atoms with E-state index in [2.05, 4.69) is 41.3 Å². The second-order valence-corrected chi connectivity index (χ2v) is 7.53. The fraction of sp³-hybridized carbons (Fsp3) is 0.619. The third-order valence-corrected chi connectivity index (χ3v) is 5.13. The van der Waals surface area contributed by atoms with Crippen molar-refractivity contribution in [3.05, 3.63) is 30.1 Å². The van der Waals surface area contributed by atoms with Crippen LogP contribution >= 0.6 is 24.0 Å². The number of rotatable bonds is 7. The Hall–Kier alpha value is -1.58. The minimum atomic E-state index is -0.229. The number of aliphatic imine (C=N–C) groups is 1. The van der Waals surface area contributed by atoms with E-state index in [4.69, 9.17) is 0 Å². The first-order valence-corrected chi connectivity index (χ1v) is 10.2. The van der Waals surface area contributed by atoms with Crippen molar-refractivity contribution in [3.63, 3.8) is 0 Å². The zero-order chi connectivity index (χ0) is 20.5. The molecule has 0 aromatic heterocycles. The first kappa shape index (κ1) is 25.5. The maximum Gasteiger partial charge on any atom is 0.224 e. The predicted octanol–water partition coefficient (Wildman–Crippen LogP) is 3.08. The SMILES string of the molecule is CCNC(=NCCC(=O)N1CCN(c2ccc(F)cc2)CC1)NC(C)C(C)C.I. The van der Waals surface area contributed by atoms with Gasteiger partial charge in [-0.25, -0.2) is 4.39 Å². The van der Waals surface area contributed by atoms with Crippen molar-refractivity contribution < 1.29 is 9.18 Å². The van der Waals surface area contributed by atoms with Gasteiger partial charge in [-0.3, -0.25) is 9.79 Å². The minimum absolute atomic E-state index is 0. The van der Waals surface area contributed by atoms with Crippen LogP contribution in [0.25, 0.3) is 0 Å². The summed E-state index contributed by atoms with van der Waals surface area (Å²) in [4.78, 5) is 21.1. The van der Waals surface area contributed by atoms with E-state index >= 15 is 0 Å². The molecular formula is C21H35FIN5O. The van der Waals surface area contributed by atoms with Crippen LogP contribution in [0.3, 0.4) is 0 Å². The standard InChI is InChI=1S/C21H34FN5O.HI/c1-5-23-21(25-17(4)16(2)3)24-11-10-20(28)27-14-12-26(13-15-27)19-8-6-18(22)7-9-19;/h6-9,16-17H,5,10-15H2,1-4H3,(H2,23,24,25);1H. The summed E-state index contributed by atoms with van der Waals surface area (Å²) in [7, 11) is 0. The van der Waals surface area contributed by atoms with Crippen LogP contribution in [0, 0.1) is 11.7 Å². The topological polar surface area (TPSA) is 60.0 Å². The molecular weight excluding hydrogens is 484 g/mol. The van der Waals surface area contributed by atoms with Crippen LogP contribution in [0.1, 0.15) is 34.1 Å². The molecule has 0 bridgehead atoms. The van der Waals surface area contributed by atoms with E-state index in [1.807, 2.05) is 11.8 Å². The highest BCUT2D eigenvalue weighted by molar-refractivity contribution is 14.0. The van der Waals surface area contributed by atoms with Gasteiger partial charge < -0.3 is 20.4 Å². The van der Waals surface area contributed by atoms with Gasteiger partial charge in [0.05, 0.1) is 6.54 Å². The molecule has 6 nitrogen and oxygen atoms in total. The Morgan fingerprint density at radius 1 is 1.14 bits per heavy atom. The molecule has 1 fully saturated rings. The van der Waals surface area contributed by atoms with Crippen LogP contribution in [-0.2, 0) is 4.79 Å². The lowest BCUT2D eigenvalue weighted by Crippen LogP contribution is -2.49. The molecule has 1 amide bonds. The van der Waals surface area contributed by atoms with Crippen molar-refractivity contribution in [1.29, 1.82) is 0 Å². The van der Waals surface area contributed by atoms with Gasteiger partial charge in [0.1, 0.15) is 5.82 Å². The highest BCUT2D eigenvalue weighted by atomic mass is 127. The second kappa shape index (κ2) is 12.9. The summed E-state index contributed by atoms with van der Waals surface area (Å²) in [6.07, 6.45) is 0.406. The van der Waals surface area contributed by atoms with Gasteiger partial charge in [-0.1, -0.05) is 13.8 Å². The molecule has 164 valence electrons. The van der Waals surface area contributed by atoms with Crippen LogP contribution in [0.4, 0.5) is 10.1 Å². The predicted molar refractivity (Wildman–Crippen MR) is 129 cm³/mol. The molecule has 1 aliphatic rings. The van der Waals surface area contributed by atoms with Gasteiger partial charge in [-0.2, -0.15) is 0 Å². The molecule has 8 heteroatoms. The van der Waals surface area contributed by atoms with Crippen LogP contribution in [0.5, 0.6) is 0 Å². The van der Waals surface area contributed by atoms with E-state index in [1.165, 1.54) is 12.1 Å². The van der Waals surface area contributed by atoms with Crippen LogP contribution < -0.4 is 15.5 Å². The van der Waals surface area contributed by atoms with Crippen LogP contribution in [0.15, 0.2) is 29.3 Å². The van der Waals surface area contributed by atoms with Gasteiger partial charge >= 0.3 is 0 Å². The van der Waals surface area contributed by atoms with E-state index in [9.17, 15) is 9.18 Å². The molecule has 0 saturated carbocycles. The van der Waals surface area contributed by atoms with E-state index in [-0.39, 0.29) is 35.7 Å². The molecule has 0 spiro atoms. The molecule has 29 heavy (non-hydrogen) atoms. The van der Waals surface area contributed by atoms with Gasteiger partial charge in [0.2, 0.25) is 5.91 Å². The maximum absolute atomic E-state index is 13.1. The highest BCUT2D eigenvalue weighted by Crippen LogP contribution is 2.17. The zero-order valence-electron chi connectivity index (χ0n) is 17.9. The van der Waals surface area contributed by atoms with E-state index in [0.717, 1.165) is 31.3 Å². The number of benzene rings is 1. The van der Waals surface area contributed by atoms with Crippen LogP contribution in [0.2, 0.25) is 0 Å². The third kappa shape index (κ3) is 8.36. The Morgan fingerprint density at radius 2 is 1.76 bits per heavy atom. The Labute approximate surface area is 191 Å². The van der Waals surface area contributed by atoms with Crippen molar-refractivity contribution >= 4 is 41.5 Å². The molecule has 0 radical (unpaired) electrons. The van der Waals surface area contributed by atoms with E-state index in [1.54, 1.807) is 12.1 Å². The van der Waals surface area contributed by atoms with Crippen molar-refractivity contribution in [2.75, 3.05) is 44.2 Å². The molecule has 2 N–H and O–H groups in total. The zero-order valence-corrected chi connectivity index (χ0v) is 20.3. The Kier molecular flexibility index (Phi) is 11.3. The molecule has 1 unspecified atom stereocenters. The lowest BCUT2D eigenvalue weighted by Gasteiger charge is -2.36. The summed E-state index contributed by atoms with van der Waals surface area (Å²) >= 11 is 0. The summed E-state index contributed by atoms with van der Waals surface area (Å²) in [5, 5.41) is 6.61. The number of carbonyl (C=O) groups excluding carboxylic acids is 1. The number of nitrogens with zero attached hydrogens (tertiary/aromatic N) is 3. The summed E-state index contributed by atoms with van der Waals surface area (Å²) < 4.78 is 13.1. The summed E-state index contributed by atoms with van der Waals surface area (Å²) in [6.45, 7) is 12.6. The summed E-state index contributed by atoms with van der Waals surface area (Å²) in [6, 6.07) is 6.83. The third-order valence-electron chi connectivity index (χ3n) is 5.13. The molecule has 0 aliphatic carbocycles. The Balaban J connectivity index is 0.00000420. The van der Waals surface area contributed by atoms with Crippen molar-refractivity contribution in [2.45, 2.75) is 40.2 Å². The number of guanidine groups is 1. The van der Waals surface area contributed by atoms with Gasteiger partial charge in [-0.05, 0) is 44.0 Å². The Bertz CT molecular complexity index is 645. The van der Waals surface area contributed by atoms with Gasteiger partial charge in [-0.15, -0.1) is 24.0 Å². The van der Waals surface area contributed by atoms with E-state index < -0.39 is 0 Å². The number of anilines is 1. The van der Waals surface area contributed by atoms with Crippen molar-refractivity contribution in [3.8, 4) is 0 Å². The fourth-order valence-electron chi connectivity index (χ4n) is 2.99. The number of carbonyl (C=O) groups is 1. The maximum atomic E-state index is 13.1. The fourth-order valence-corrected chi connectivity index (χ4v) is 2.99.